The Balaban J connectivity index is 1.77. The highest BCUT2D eigenvalue weighted by atomic mass is 16.1. The lowest BCUT2D eigenvalue weighted by atomic mass is 10.0. The maximum Gasteiger partial charge on any atom is 0.252 e. The number of H-pyrrole nitrogens is 1. The van der Waals surface area contributed by atoms with Gasteiger partial charge in [-0.05, 0) is 79.6 Å². The van der Waals surface area contributed by atoms with E-state index < -0.39 is 0 Å². The van der Waals surface area contributed by atoms with Crippen molar-refractivity contribution in [1.82, 2.24) is 30.1 Å². The highest BCUT2D eigenvalue weighted by Crippen LogP contribution is 2.30. The number of fused-ring (bicyclic) bond motifs is 1. The summed E-state index contributed by atoms with van der Waals surface area (Å²) in [4.78, 5) is 18.5. The van der Waals surface area contributed by atoms with Crippen molar-refractivity contribution in [2.75, 3.05) is 0 Å². The van der Waals surface area contributed by atoms with Crippen LogP contribution in [0, 0.1) is 13.8 Å². The van der Waals surface area contributed by atoms with Crippen molar-refractivity contribution in [3.8, 4) is 0 Å². The monoisotopic (exact) mass is 472 g/mol. The van der Waals surface area contributed by atoms with Crippen molar-refractivity contribution >= 4 is 10.9 Å². The number of hydrogen-bond donors (Lipinski definition) is 1. The minimum Gasteiger partial charge on any atom is -0.322 e. The van der Waals surface area contributed by atoms with Crippen molar-refractivity contribution in [2.45, 2.75) is 79.1 Å². The quantitative estimate of drug-likeness (QED) is 0.351. The van der Waals surface area contributed by atoms with Crippen LogP contribution in [0.2, 0.25) is 0 Å². The predicted octanol–water partition coefficient (Wildman–Crippen LogP) is 5.43. The normalized spacial score (nSPS) is 13.0. The van der Waals surface area contributed by atoms with E-state index in [9.17, 15) is 4.79 Å². The summed E-state index contributed by atoms with van der Waals surface area (Å²) in [6.45, 7) is 13.9. The van der Waals surface area contributed by atoms with E-state index in [0.29, 0.717) is 13.1 Å². The zero-order chi connectivity index (χ0) is 25.2. The molecule has 1 N–H and O–H groups in total. The fourth-order valence-electron chi connectivity index (χ4n) is 4.49. The van der Waals surface area contributed by atoms with Crippen molar-refractivity contribution in [1.29, 1.82) is 0 Å². The molecule has 2 heterocycles. The van der Waals surface area contributed by atoms with Crippen LogP contribution in [-0.4, -0.2) is 30.1 Å². The maximum absolute atomic E-state index is 13.1. The molecular formula is C28H36N6O. The van der Waals surface area contributed by atoms with Crippen LogP contribution in [0.15, 0.2) is 53.3 Å². The Kier molecular flexibility index (Phi) is 7.17. The van der Waals surface area contributed by atoms with Crippen LogP contribution in [0.1, 0.15) is 74.7 Å². The third kappa shape index (κ3) is 5.35. The molecule has 0 bridgehead atoms. The average Bonchev–Trinajstić information content (AvgIpc) is 3.32. The smallest absolute Gasteiger partial charge is 0.252 e. The van der Waals surface area contributed by atoms with Crippen LogP contribution in [-0.2, 0) is 18.6 Å². The van der Waals surface area contributed by atoms with Gasteiger partial charge >= 0.3 is 0 Å². The van der Waals surface area contributed by atoms with Gasteiger partial charge in [-0.25, -0.2) is 4.68 Å². The summed E-state index contributed by atoms with van der Waals surface area (Å²) in [6.07, 6.45) is 1.72. The van der Waals surface area contributed by atoms with Gasteiger partial charge in [0.2, 0.25) is 0 Å². The lowest BCUT2D eigenvalue weighted by Gasteiger charge is -2.33. The molecule has 7 nitrogen and oxygen atoms in total. The van der Waals surface area contributed by atoms with E-state index in [0.717, 1.165) is 40.7 Å². The summed E-state index contributed by atoms with van der Waals surface area (Å²) in [7, 11) is 0. The van der Waals surface area contributed by atoms with Gasteiger partial charge in [-0.3, -0.25) is 9.69 Å². The Hall–Kier alpha value is -3.32. The molecule has 0 saturated heterocycles. The summed E-state index contributed by atoms with van der Waals surface area (Å²) in [5.41, 5.74) is 4.88. The van der Waals surface area contributed by atoms with E-state index in [2.05, 4.69) is 96.4 Å². The maximum atomic E-state index is 13.1. The number of aromatic nitrogens is 5. The number of benzene rings is 2. The first kappa shape index (κ1) is 24.8. The summed E-state index contributed by atoms with van der Waals surface area (Å²) in [5, 5.41) is 13.9. The summed E-state index contributed by atoms with van der Waals surface area (Å²) >= 11 is 0. The number of aryl methyl sites for hydroxylation is 2. The number of nitrogens with one attached hydrogen (secondary N) is 1. The molecule has 2 aromatic carbocycles. The molecule has 0 fully saturated rings. The van der Waals surface area contributed by atoms with Crippen LogP contribution in [0.5, 0.6) is 0 Å². The van der Waals surface area contributed by atoms with E-state index in [1.807, 2.05) is 23.7 Å². The van der Waals surface area contributed by atoms with Gasteiger partial charge in [0.25, 0.3) is 5.56 Å². The van der Waals surface area contributed by atoms with Crippen LogP contribution < -0.4 is 5.56 Å². The molecule has 7 heteroatoms. The van der Waals surface area contributed by atoms with Gasteiger partial charge in [-0.15, -0.1) is 5.10 Å². The molecule has 0 aliphatic carbocycles. The largest absolute Gasteiger partial charge is 0.322 e. The Morgan fingerprint density at radius 3 is 2.40 bits per heavy atom. The number of nitrogens with zero attached hydrogens (tertiary/aromatic N) is 5. The fraction of sp³-hybridized carbons (Fsp3) is 0.429. The Labute approximate surface area is 207 Å². The highest BCUT2D eigenvalue weighted by Gasteiger charge is 2.31. The van der Waals surface area contributed by atoms with E-state index in [-0.39, 0.29) is 17.1 Å². The molecule has 2 aromatic heterocycles. The molecule has 0 radical (unpaired) electrons. The van der Waals surface area contributed by atoms with E-state index >= 15 is 0 Å². The molecule has 0 spiro atoms. The molecule has 0 unspecified atom stereocenters. The lowest BCUT2D eigenvalue weighted by Crippen LogP contribution is -2.36. The standard InChI is InChI=1S/C28H36N6O/c1-7-25(26-30-31-32-34(26)28(5,6)8-2)33(17-21-12-9-19(3)10-13-21)18-23-16-22-14-11-20(4)15-24(22)29-27(23)35/h9-16,25H,7-8,17-18H2,1-6H3,(H,29,35)/t25-/m1/s1. The third-order valence-electron chi connectivity index (χ3n) is 7.02. The van der Waals surface area contributed by atoms with E-state index in [1.54, 1.807) is 0 Å². The van der Waals surface area contributed by atoms with Crippen molar-refractivity contribution < 1.29 is 0 Å². The summed E-state index contributed by atoms with van der Waals surface area (Å²) in [5.74, 6) is 0.833. The molecule has 184 valence electrons. The number of rotatable bonds is 9. The second-order valence-electron chi connectivity index (χ2n) is 10.1. The molecular weight excluding hydrogens is 436 g/mol. The first-order valence-corrected chi connectivity index (χ1v) is 12.4. The van der Waals surface area contributed by atoms with Crippen molar-refractivity contribution in [2.24, 2.45) is 0 Å². The second-order valence-corrected chi connectivity index (χ2v) is 10.1. The van der Waals surface area contributed by atoms with Gasteiger partial charge in [0.15, 0.2) is 5.82 Å². The van der Waals surface area contributed by atoms with Crippen LogP contribution in [0.25, 0.3) is 10.9 Å². The predicted molar refractivity (Wildman–Crippen MR) is 140 cm³/mol. The molecule has 4 rings (SSSR count). The minimum absolute atomic E-state index is 0.0507. The Morgan fingerprint density at radius 2 is 1.71 bits per heavy atom. The molecule has 35 heavy (non-hydrogen) atoms. The van der Waals surface area contributed by atoms with Crippen LogP contribution in [0.3, 0.4) is 0 Å². The van der Waals surface area contributed by atoms with Gasteiger partial charge < -0.3 is 4.98 Å². The van der Waals surface area contributed by atoms with Gasteiger partial charge in [-0.1, -0.05) is 55.8 Å². The van der Waals surface area contributed by atoms with E-state index in [4.69, 9.17) is 0 Å². The fourth-order valence-corrected chi connectivity index (χ4v) is 4.49. The molecule has 1 atom stereocenters. The molecule has 0 aliphatic rings. The van der Waals surface area contributed by atoms with Crippen LogP contribution >= 0.6 is 0 Å². The SMILES string of the molecule is CC[C@H](c1nnnn1C(C)(C)CC)N(Cc1ccc(C)cc1)Cc1cc2ccc(C)cc2[nH]c1=O. The minimum atomic E-state index is -0.208. The summed E-state index contributed by atoms with van der Waals surface area (Å²) < 4.78 is 1.96. The first-order chi connectivity index (χ1) is 16.7. The number of hydrogen-bond acceptors (Lipinski definition) is 5. The van der Waals surface area contributed by atoms with Crippen molar-refractivity contribution in [3.05, 3.63) is 87.0 Å². The molecule has 0 aliphatic heterocycles. The number of pyridine rings is 1. The number of aromatic amines is 1. The van der Waals surface area contributed by atoms with E-state index in [1.165, 1.54) is 11.1 Å². The third-order valence-corrected chi connectivity index (χ3v) is 7.02. The number of tetrazole rings is 1. The van der Waals surface area contributed by atoms with Gasteiger partial charge in [-0.2, -0.15) is 0 Å². The van der Waals surface area contributed by atoms with Crippen LogP contribution in [0.4, 0.5) is 0 Å². The van der Waals surface area contributed by atoms with Crippen molar-refractivity contribution in [3.63, 3.8) is 0 Å². The first-order valence-electron chi connectivity index (χ1n) is 12.4. The average molecular weight is 473 g/mol. The molecule has 4 aromatic rings. The van der Waals surface area contributed by atoms with Gasteiger partial charge in [0, 0.05) is 24.2 Å². The summed E-state index contributed by atoms with van der Waals surface area (Å²) in [6, 6.07) is 16.7. The van der Waals surface area contributed by atoms with Gasteiger partial charge in [0.1, 0.15) is 0 Å². The molecule has 0 saturated carbocycles. The Morgan fingerprint density at radius 1 is 1.00 bits per heavy atom. The lowest BCUT2D eigenvalue weighted by molar-refractivity contribution is 0.150. The highest BCUT2D eigenvalue weighted by molar-refractivity contribution is 5.79. The molecule has 0 amide bonds. The zero-order valence-corrected chi connectivity index (χ0v) is 21.7. The van der Waals surface area contributed by atoms with Gasteiger partial charge in [0.05, 0.1) is 11.6 Å². The Bertz CT molecular complexity index is 1350. The second kappa shape index (κ2) is 10.1. The zero-order valence-electron chi connectivity index (χ0n) is 21.7. The topological polar surface area (TPSA) is 79.7 Å².